The van der Waals surface area contributed by atoms with Crippen LogP contribution in [0, 0.1) is 0 Å². The smallest absolute Gasteiger partial charge is 0.265 e. The molecule has 7 heteroatoms. The molecular formula is C11H14F2N2O3. The van der Waals surface area contributed by atoms with Crippen molar-refractivity contribution in [3.63, 3.8) is 0 Å². The summed E-state index contributed by atoms with van der Waals surface area (Å²) in [6, 6.07) is 6.58. The molecule has 1 rings (SSSR count). The quantitative estimate of drug-likeness (QED) is 0.646. The normalized spacial score (nSPS) is 12.2. The van der Waals surface area contributed by atoms with Gasteiger partial charge in [0.15, 0.2) is 6.61 Å². The van der Waals surface area contributed by atoms with Crippen LogP contribution in [0.1, 0.15) is 0 Å². The number of carbonyl (C=O) groups is 1. The number of amides is 1. The van der Waals surface area contributed by atoms with Crippen molar-refractivity contribution in [2.75, 3.05) is 18.9 Å². The first-order valence-electron chi connectivity index (χ1n) is 5.21. The van der Waals surface area contributed by atoms with Crippen LogP contribution in [0.4, 0.5) is 14.5 Å². The molecule has 1 unspecified atom stereocenters. The summed E-state index contributed by atoms with van der Waals surface area (Å²) in [5, 5.41) is 10.9. The van der Waals surface area contributed by atoms with Gasteiger partial charge in [-0.15, -0.1) is 0 Å². The molecule has 0 aliphatic rings. The highest BCUT2D eigenvalue weighted by molar-refractivity contribution is 5.77. The Labute approximate surface area is 103 Å². The first kappa shape index (κ1) is 14.2. The predicted octanol–water partition coefficient (Wildman–Crippen LogP) is 0.390. The lowest BCUT2D eigenvalue weighted by Crippen LogP contribution is -2.38. The summed E-state index contributed by atoms with van der Waals surface area (Å²) in [7, 11) is 0. The Balaban J connectivity index is 2.32. The molecule has 4 N–H and O–H groups in total. The Hall–Kier alpha value is -1.89. The van der Waals surface area contributed by atoms with Gasteiger partial charge in [-0.25, -0.2) is 8.78 Å². The molecular weight excluding hydrogens is 246 g/mol. The number of nitrogens with two attached hydrogens (primary N) is 1. The standard InChI is InChI=1S/C11H14F2N2O3/c12-11(13)8(16)5-15-10(17)6-18-9-4-2-1-3-7(9)14/h1-4,8,11,16H,5-6,14H2,(H,15,17). The molecule has 18 heavy (non-hydrogen) atoms. The molecule has 0 fully saturated rings. The van der Waals surface area contributed by atoms with Crippen molar-refractivity contribution in [2.45, 2.75) is 12.5 Å². The van der Waals surface area contributed by atoms with E-state index in [0.717, 1.165) is 0 Å². The van der Waals surface area contributed by atoms with Crippen LogP contribution >= 0.6 is 0 Å². The summed E-state index contributed by atoms with van der Waals surface area (Å²) in [5.74, 6) is -0.278. The Morgan fingerprint density at radius 3 is 2.72 bits per heavy atom. The second-order valence-corrected chi connectivity index (χ2v) is 3.53. The van der Waals surface area contributed by atoms with E-state index in [0.29, 0.717) is 11.4 Å². The van der Waals surface area contributed by atoms with Gasteiger partial charge >= 0.3 is 0 Å². The average molecular weight is 260 g/mol. The number of nitrogens with one attached hydrogen (secondary N) is 1. The van der Waals surface area contributed by atoms with E-state index in [4.69, 9.17) is 15.6 Å². The van der Waals surface area contributed by atoms with E-state index in [9.17, 15) is 13.6 Å². The highest BCUT2D eigenvalue weighted by atomic mass is 19.3. The van der Waals surface area contributed by atoms with E-state index >= 15 is 0 Å². The molecule has 0 bridgehead atoms. The molecule has 0 spiro atoms. The molecule has 0 aliphatic heterocycles. The van der Waals surface area contributed by atoms with Gasteiger partial charge in [-0.2, -0.15) is 0 Å². The lowest BCUT2D eigenvalue weighted by molar-refractivity contribution is -0.124. The van der Waals surface area contributed by atoms with Crippen LogP contribution in [0.25, 0.3) is 0 Å². The van der Waals surface area contributed by atoms with Crippen molar-refractivity contribution >= 4 is 11.6 Å². The van der Waals surface area contributed by atoms with Crippen LogP contribution in [0.2, 0.25) is 0 Å². The van der Waals surface area contributed by atoms with Crippen molar-refractivity contribution in [2.24, 2.45) is 0 Å². The maximum Gasteiger partial charge on any atom is 0.265 e. The zero-order valence-electron chi connectivity index (χ0n) is 9.48. The van der Waals surface area contributed by atoms with Crippen molar-refractivity contribution in [1.82, 2.24) is 5.32 Å². The van der Waals surface area contributed by atoms with E-state index in [1.165, 1.54) is 0 Å². The fourth-order valence-corrected chi connectivity index (χ4v) is 1.11. The number of anilines is 1. The van der Waals surface area contributed by atoms with E-state index in [1.54, 1.807) is 24.3 Å². The lowest BCUT2D eigenvalue weighted by atomic mass is 10.3. The number of alkyl halides is 2. The van der Waals surface area contributed by atoms with E-state index in [2.05, 4.69) is 5.32 Å². The first-order chi connectivity index (χ1) is 8.50. The highest BCUT2D eigenvalue weighted by Gasteiger charge is 2.17. The van der Waals surface area contributed by atoms with E-state index < -0.39 is 25.0 Å². The topological polar surface area (TPSA) is 84.6 Å². The minimum absolute atomic E-state index is 0.335. The van der Waals surface area contributed by atoms with Crippen LogP contribution in [0.5, 0.6) is 5.75 Å². The summed E-state index contributed by atoms with van der Waals surface area (Å²) in [6.07, 6.45) is -4.77. The van der Waals surface area contributed by atoms with Crippen LogP contribution < -0.4 is 15.8 Å². The summed E-state index contributed by atoms with van der Waals surface area (Å²) in [5.41, 5.74) is 5.95. The summed E-state index contributed by atoms with van der Waals surface area (Å²) in [4.78, 5) is 11.2. The lowest BCUT2D eigenvalue weighted by Gasteiger charge is -2.11. The van der Waals surface area contributed by atoms with Crippen LogP contribution in [-0.2, 0) is 4.79 Å². The average Bonchev–Trinajstić information content (AvgIpc) is 2.34. The number of nitrogen functional groups attached to an aromatic ring is 1. The third kappa shape index (κ3) is 4.54. The molecule has 1 amide bonds. The Morgan fingerprint density at radius 2 is 2.11 bits per heavy atom. The molecule has 0 radical (unpaired) electrons. The van der Waals surface area contributed by atoms with Gasteiger partial charge in [0.2, 0.25) is 0 Å². The fraction of sp³-hybridized carbons (Fsp3) is 0.364. The van der Waals surface area contributed by atoms with Gasteiger partial charge in [0.1, 0.15) is 11.9 Å². The van der Waals surface area contributed by atoms with Crippen molar-refractivity contribution < 1.29 is 23.4 Å². The minimum atomic E-state index is -2.89. The summed E-state index contributed by atoms with van der Waals surface area (Å²) in [6.45, 7) is -0.881. The third-order valence-electron chi connectivity index (χ3n) is 2.08. The van der Waals surface area contributed by atoms with Crippen molar-refractivity contribution in [3.8, 4) is 5.75 Å². The number of ether oxygens (including phenoxy) is 1. The zero-order valence-corrected chi connectivity index (χ0v) is 9.48. The monoisotopic (exact) mass is 260 g/mol. The number of hydrogen-bond donors (Lipinski definition) is 3. The summed E-state index contributed by atoms with van der Waals surface area (Å²) < 4.78 is 29.0. The molecule has 1 aromatic carbocycles. The van der Waals surface area contributed by atoms with Crippen LogP contribution in [0.3, 0.4) is 0 Å². The SMILES string of the molecule is Nc1ccccc1OCC(=O)NCC(O)C(F)F. The Kier molecular flexibility index (Phi) is 5.31. The van der Waals surface area contributed by atoms with E-state index in [-0.39, 0.29) is 6.61 Å². The number of halogens is 2. The van der Waals surface area contributed by atoms with Gasteiger partial charge in [0, 0.05) is 6.54 Å². The van der Waals surface area contributed by atoms with Crippen molar-refractivity contribution in [3.05, 3.63) is 24.3 Å². The number of aliphatic hydroxyl groups excluding tert-OH is 1. The molecule has 0 saturated carbocycles. The number of carbonyl (C=O) groups excluding carboxylic acids is 1. The second-order valence-electron chi connectivity index (χ2n) is 3.53. The van der Waals surface area contributed by atoms with Crippen molar-refractivity contribution in [1.29, 1.82) is 0 Å². The molecule has 0 aliphatic carbocycles. The van der Waals surface area contributed by atoms with Gasteiger partial charge in [-0.05, 0) is 12.1 Å². The Bertz CT molecular complexity index is 402. The third-order valence-corrected chi connectivity index (χ3v) is 2.08. The molecule has 0 heterocycles. The van der Waals surface area contributed by atoms with Gasteiger partial charge in [-0.1, -0.05) is 12.1 Å². The van der Waals surface area contributed by atoms with Gasteiger partial charge in [0.25, 0.3) is 12.3 Å². The largest absolute Gasteiger partial charge is 0.482 e. The molecule has 0 saturated heterocycles. The van der Waals surface area contributed by atoms with E-state index in [1.807, 2.05) is 0 Å². The van der Waals surface area contributed by atoms with Gasteiger partial charge in [-0.3, -0.25) is 4.79 Å². The number of rotatable bonds is 6. The van der Waals surface area contributed by atoms with Gasteiger partial charge in [0.05, 0.1) is 5.69 Å². The molecule has 0 aromatic heterocycles. The molecule has 1 aromatic rings. The second kappa shape index (κ2) is 6.75. The number of hydrogen-bond acceptors (Lipinski definition) is 4. The predicted molar refractivity (Wildman–Crippen MR) is 61.4 cm³/mol. The maximum absolute atomic E-state index is 11.9. The summed E-state index contributed by atoms with van der Waals surface area (Å²) >= 11 is 0. The zero-order chi connectivity index (χ0) is 13.5. The maximum atomic E-state index is 11.9. The minimum Gasteiger partial charge on any atom is -0.482 e. The Morgan fingerprint density at radius 1 is 1.44 bits per heavy atom. The molecule has 1 atom stereocenters. The fourth-order valence-electron chi connectivity index (χ4n) is 1.11. The highest BCUT2D eigenvalue weighted by Crippen LogP contribution is 2.19. The number of benzene rings is 1. The van der Waals surface area contributed by atoms with Gasteiger partial charge < -0.3 is 20.9 Å². The molecule has 100 valence electrons. The number of para-hydroxylation sites is 2. The first-order valence-corrected chi connectivity index (χ1v) is 5.21. The molecule has 5 nitrogen and oxygen atoms in total. The van der Waals surface area contributed by atoms with Crippen LogP contribution in [0.15, 0.2) is 24.3 Å². The van der Waals surface area contributed by atoms with Crippen LogP contribution in [-0.4, -0.2) is 36.7 Å². The number of aliphatic hydroxyl groups is 1.